The lowest BCUT2D eigenvalue weighted by atomic mass is 10.3. The third-order valence-corrected chi connectivity index (χ3v) is 2.06. The van der Waals surface area contributed by atoms with Crippen molar-refractivity contribution in [1.82, 2.24) is 10.2 Å². The van der Waals surface area contributed by atoms with E-state index in [1.54, 1.807) is 0 Å². The number of carbonyl (C=O) groups is 1. The normalized spacial score (nSPS) is 26.9. The molecule has 0 spiro atoms. The first-order valence-electron chi connectivity index (χ1n) is 4.25. The molecule has 0 aromatic carbocycles. The molecular formula is C8H16N2O. The summed E-state index contributed by atoms with van der Waals surface area (Å²) in [5, 5.41) is 3.28. The number of hydrogen-bond donors (Lipinski definition) is 1. The van der Waals surface area contributed by atoms with Gasteiger partial charge in [-0.25, -0.2) is 0 Å². The van der Waals surface area contributed by atoms with E-state index in [2.05, 4.69) is 12.2 Å². The molecule has 0 aromatic rings. The first-order valence-corrected chi connectivity index (χ1v) is 4.25. The Balaban J connectivity index is 2.52. The van der Waals surface area contributed by atoms with Crippen molar-refractivity contribution in [3.05, 3.63) is 0 Å². The van der Waals surface area contributed by atoms with Gasteiger partial charge in [0.05, 0.1) is 0 Å². The van der Waals surface area contributed by atoms with Crippen molar-refractivity contribution in [2.24, 2.45) is 0 Å². The van der Waals surface area contributed by atoms with Crippen LogP contribution in [0.15, 0.2) is 0 Å². The lowest BCUT2D eigenvalue weighted by molar-refractivity contribution is -0.130. The molecule has 1 amide bonds. The van der Waals surface area contributed by atoms with Crippen LogP contribution in [0.3, 0.4) is 0 Å². The van der Waals surface area contributed by atoms with Crippen LogP contribution in [0.25, 0.3) is 0 Å². The predicted molar refractivity (Wildman–Crippen MR) is 44.3 cm³/mol. The SMILES string of the molecule is CCN1C[C@@H](C)NCCC1=O. The summed E-state index contributed by atoms with van der Waals surface area (Å²) in [6.45, 7) is 6.66. The smallest absolute Gasteiger partial charge is 0.223 e. The molecule has 0 unspecified atom stereocenters. The zero-order valence-corrected chi connectivity index (χ0v) is 7.26. The number of rotatable bonds is 1. The van der Waals surface area contributed by atoms with Crippen LogP contribution in [0.1, 0.15) is 20.3 Å². The maximum atomic E-state index is 11.3. The second-order valence-electron chi connectivity index (χ2n) is 3.04. The fraction of sp³-hybridized carbons (Fsp3) is 0.875. The van der Waals surface area contributed by atoms with Gasteiger partial charge in [0.2, 0.25) is 5.91 Å². The topological polar surface area (TPSA) is 32.3 Å². The van der Waals surface area contributed by atoms with Crippen LogP contribution in [0.4, 0.5) is 0 Å². The van der Waals surface area contributed by atoms with Gasteiger partial charge in [-0.1, -0.05) is 0 Å². The molecule has 1 N–H and O–H groups in total. The van der Waals surface area contributed by atoms with E-state index in [-0.39, 0.29) is 5.91 Å². The molecule has 1 saturated heterocycles. The van der Waals surface area contributed by atoms with Crippen LogP contribution >= 0.6 is 0 Å². The van der Waals surface area contributed by atoms with E-state index in [0.717, 1.165) is 19.6 Å². The number of hydrogen-bond acceptors (Lipinski definition) is 2. The fourth-order valence-electron chi connectivity index (χ4n) is 1.39. The number of nitrogens with one attached hydrogen (secondary N) is 1. The maximum absolute atomic E-state index is 11.3. The van der Waals surface area contributed by atoms with Crippen molar-refractivity contribution in [3.63, 3.8) is 0 Å². The highest BCUT2D eigenvalue weighted by molar-refractivity contribution is 5.76. The summed E-state index contributed by atoms with van der Waals surface area (Å²) in [5.41, 5.74) is 0. The maximum Gasteiger partial charge on any atom is 0.223 e. The molecule has 0 radical (unpaired) electrons. The minimum Gasteiger partial charge on any atom is -0.341 e. The Bertz CT molecular complexity index is 147. The van der Waals surface area contributed by atoms with Crippen LogP contribution in [-0.4, -0.2) is 36.5 Å². The van der Waals surface area contributed by atoms with Gasteiger partial charge in [0, 0.05) is 32.1 Å². The minimum absolute atomic E-state index is 0.282. The molecule has 3 nitrogen and oxygen atoms in total. The molecule has 0 saturated carbocycles. The monoisotopic (exact) mass is 156 g/mol. The van der Waals surface area contributed by atoms with Gasteiger partial charge in [-0.05, 0) is 13.8 Å². The number of carbonyl (C=O) groups excluding carboxylic acids is 1. The summed E-state index contributed by atoms with van der Waals surface area (Å²) >= 11 is 0. The van der Waals surface area contributed by atoms with E-state index in [9.17, 15) is 4.79 Å². The highest BCUT2D eigenvalue weighted by atomic mass is 16.2. The van der Waals surface area contributed by atoms with E-state index < -0.39 is 0 Å². The van der Waals surface area contributed by atoms with Crippen LogP contribution in [0.5, 0.6) is 0 Å². The molecule has 1 aliphatic heterocycles. The van der Waals surface area contributed by atoms with Crippen molar-refractivity contribution < 1.29 is 4.79 Å². The van der Waals surface area contributed by atoms with Crippen molar-refractivity contribution in [1.29, 1.82) is 0 Å². The molecule has 1 rings (SSSR count). The summed E-state index contributed by atoms with van der Waals surface area (Å²) in [5.74, 6) is 0.282. The summed E-state index contributed by atoms with van der Waals surface area (Å²) in [6, 6.07) is 0.446. The quantitative estimate of drug-likeness (QED) is 0.589. The molecule has 0 aliphatic carbocycles. The van der Waals surface area contributed by atoms with Crippen molar-refractivity contribution >= 4 is 5.91 Å². The summed E-state index contributed by atoms with van der Waals surface area (Å²) in [4.78, 5) is 13.2. The van der Waals surface area contributed by atoms with Gasteiger partial charge in [0.15, 0.2) is 0 Å². The average Bonchev–Trinajstić information content (AvgIpc) is 2.13. The van der Waals surface area contributed by atoms with E-state index in [0.29, 0.717) is 12.5 Å². The molecule has 1 atom stereocenters. The number of nitrogens with zero attached hydrogens (tertiary/aromatic N) is 1. The second-order valence-corrected chi connectivity index (χ2v) is 3.04. The van der Waals surface area contributed by atoms with E-state index in [1.807, 2.05) is 11.8 Å². The molecule has 11 heavy (non-hydrogen) atoms. The van der Waals surface area contributed by atoms with Crippen molar-refractivity contribution in [3.8, 4) is 0 Å². The fourth-order valence-corrected chi connectivity index (χ4v) is 1.39. The number of likely N-dealkylation sites (N-methyl/N-ethyl adjacent to an activating group) is 1. The van der Waals surface area contributed by atoms with Gasteiger partial charge in [-0.15, -0.1) is 0 Å². The van der Waals surface area contributed by atoms with Crippen LogP contribution in [0.2, 0.25) is 0 Å². The first kappa shape index (κ1) is 8.53. The predicted octanol–water partition coefficient (Wildman–Crippen LogP) is 0.217. The Morgan fingerprint density at radius 1 is 1.73 bits per heavy atom. The Morgan fingerprint density at radius 3 is 3.09 bits per heavy atom. The highest BCUT2D eigenvalue weighted by Gasteiger charge is 2.17. The Morgan fingerprint density at radius 2 is 2.45 bits per heavy atom. The molecule has 64 valence electrons. The van der Waals surface area contributed by atoms with Crippen molar-refractivity contribution in [2.75, 3.05) is 19.6 Å². The minimum atomic E-state index is 0.282. The third kappa shape index (κ3) is 2.19. The van der Waals surface area contributed by atoms with Crippen molar-refractivity contribution in [2.45, 2.75) is 26.3 Å². The van der Waals surface area contributed by atoms with Gasteiger partial charge in [-0.3, -0.25) is 4.79 Å². The molecule has 1 aliphatic rings. The highest BCUT2D eigenvalue weighted by Crippen LogP contribution is 2.00. The lowest BCUT2D eigenvalue weighted by Crippen LogP contribution is -2.37. The average molecular weight is 156 g/mol. The van der Waals surface area contributed by atoms with Gasteiger partial charge < -0.3 is 10.2 Å². The Labute approximate surface area is 67.8 Å². The molecule has 0 aromatic heterocycles. The van der Waals surface area contributed by atoms with Crippen LogP contribution in [0, 0.1) is 0 Å². The zero-order valence-electron chi connectivity index (χ0n) is 7.26. The molecule has 3 heteroatoms. The molecule has 1 heterocycles. The largest absolute Gasteiger partial charge is 0.341 e. The Kier molecular flexibility index (Phi) is 2.88. The van der Waals surface area contributed by atoms with Gasteiger partial charge >= 0.3 is 0 Å². The third-order valence-electron chi connectivity index (χ3n) is 2.06. The summed E-state index contributed by atoms with van der Waals surface area (Å²) in [6.07, 6.45) is 0.651. The van der Waals surface area contributed by atoms with Gasteiger partial charge in [0.25, 0.3) is 0 Å². The van der Waals surface area contributed by atoms with Crippen LogP contribution < -0.4 is 5.32 Å². The van der Waals surface area contributed by atoms with E-state index in [1.165, 1.54) is 0 Å². The van der Waals surface area contributed by atoms with E-state index >= 15 is 0 Å². The summed E-state index contributed by atoms with van der Waals surface area (Å²) < 4.78 is 0. The molecule has 0 bridgehead atoms. The molecule has 1 fully saturated rings. The number of amides is 1. The Hall–Kier alpha value is -0.570. The van der Waals surface area contributed by atoms with E-state index in [4.69, 9.17) is 0 Å². The standard InChI is InChI=1S/C8H16N2O/c1-3-10-6-7(2)9-5-4-8(10)11/h7,9H,3-6H2,1-2H3/t7-/m1/s1. The van der Waals surface area contributed by atoms with Gasteiger partial charge in [0.1, 0.15) is 0 Å². The zero-order chi connectivity index (χ0) is 8.27. The molecular weight excluding hydrogens is 140 g/mol. The second kappa shape index (κ2) is 3.72. The van der Waals surface area contributed by atoms with Crippen LogP contribution in [-0.2, 0) is 4.79 Å². The lowest BCUT2D eigenvalue weighted by Gasteiger charge is -2.20. The first-order chi connectivity index (χ1) is 5.24. The summed E-state index contributed by atoms with van der Waals surface area (Å²) in [7, 11) is 0. The van der Waals surface area contributed by atoms with Gasteiger partial charge in [-0.2, -0.15) is 0 Å².